The smallest absolute Gasteiger partial charge is 0.262 e. The summed E-state index contributed by atoms with van der Waals surface area (Å²) in [5, 5.41) is 9.30. The van der Waals surface area contributed by atoms with Crippen molar-refractivity contribution in [3.05, 3.63) is 53.3 Å². The molecule has 0 radical (unpaired) electrons. The summed E-state index contributed by atoms with van der Waals surface area (Å²) >= 11 is 3.57. The van der Waals surface area contributed by atoms with Crippen LogP contribution in [0.25, 0.3) is 10.8 Å². The summed E-state index contributed by atoms with van der Waals surface area (Å²) in [5.41, 5.74) is 0.672. The van der Waals surface area contributed by atoms with Gasteiger partial charge in [0.05, 0.1) is 22.9 Å². The zero-order valence-corrected chi connectivity index (χ0v) is 17.8. The number of hydrogen-bond acceptors (Lipinski definition) is 4. The highest BCUT2D eigenvalue weighted by molar-refractivity contribution is 9.10. The third-order valence-corrected chi connectivity index (χ3v) is 5.46. The predicted octanol–water partition coefficient (Wildman–Crippen LogP) is 4.16. The van der Waals surface area contributed by atoms with E-state index in [1.807, 2.05) is 47.3 Å². The van der Waals surface area contributed by atoms with E-state index in [1.54, 1.807) is 6.20 Å². The number of ether oxygens (including phenoxy) is 1. The van der Waals surface area contributed by atoms with Crippen LogP contribution in [0.5, 0.6) is 5.75 Å². The van der Waals surface area contributed by atoms with Crippen LogP contribution in [0.1, 0.15) is 13.8 Å². The van der Waals surface area contributed by atoms with E-state index in [-0.39, 0.29) is 12.5 Å². The van der Waals surface area contributed by atoms with E-state index in [0.717, 1.165) is 41.4 Å². The van der Waals surface area contributed by atoms with Gasteiger partial charge in [0.1, 0.15) is 5.75 Å². The van der Waals surface area contributed by atoms with Crippen molar-refractivity contribution >= 4 is 38.3 Å². The summed E-state index contributed by atoms with van der Waals surface area (Å²) in [4.78, 5) is 14.6. The monoisotopic (exact) mass is 444 g/mol. The van der Waals surface area contributed by atoms with Crippen LogP contribution in [-0.4, -0.2) is 46.8 Å². The van der Waals surface area contributed by atoms with Crippen LogP contribution < -0.4 is 10.1 Å². The Balaban J connectivity index is 1.53. The second-order valence-corrected chi connectivity index (χ2v) is 7.25. The molecule has 0 aliphatic heterocycles. The molecule has 0 aliphatic rings. The molecule has 3 rings (SSSR count). The third kappa shape index (κ3) is 5.11. The minimum Gasteiger partial charge on any atom is -0.483 e. The van der Waals surface area contributed by atoms with E-state index in [0.29, 0.717) is 11.4 Å². The lowest BCUT2D eigenvalue weighted by atomic mass is 10.1. The lowest BCUT2D eigenvalue weighted by molar-refractivity contribution is -0.118. The summed E-state index contributed by atoms with van der Waals surface area (Å²) in [6, 6.07) is 11.9. The van der Waals surface area contributed by atoms with Crippen LogP contribution in [0.2, 0.25) is 0 Å². The highest BCUT2D eigenvalue weighted by Crippen LogP contribution is 2.32. The Morgan fingerprint density at radius 3 is 2.79 bits per heavy atom. The zero-order valence-electron chi connectivity index (χ0n) is 16.2. The average Bonchev–Trinajstić information content (AvgIpc) is 3.15. The number of halogens is 1. The van der Waals surface area contributed by atoms with Crippen LogP contribution in [0.3, 0.4) is 0 Å². The van der Waals surface area contributed by atoms with Crippen LogP contribution in [0.4, 0.5) is 5.69 Å². The van der Waals surface area contributed by atoms with Gasteiger partial charge in [0.25, 0.3) is 5.91 Å². The Morgan fingerprint density at radius 1 is 1.21 bits per heavy atom. The number of nitrogens with one attached hydrogen (secondary N) is 1. The molecular weight excluding hydrogens is 420 g/mol. The lowest BCUT2D eigenvalue weighted by Crippen LogP contribution is -2.27. The number of likely N-dealkylation sites (N-methyl/N-ethyl adjacent to an activating group) is 1. The molecule has 0 atom stereocenters. The molecule has 0 aliphatic carbocycles. The largest absolute Gasteiger partial charge is 0.483 e. The van der Waals surface area contributed by atoms with Gasteiger partial charge in [-0.2, -0.15) is 5.10 Å². The van der Waals surface area contributed by atoms with E-state index in [9.17, 15) is 4.79 Å². The summed E-state index contributed by atoms with van der Waals surface area (Å²) in [5.74, 6) is 0.423. The Hall–Kier alpha value is -2.38. The van der Waals surface area contributed by atoms with Gasteiger partial charge in [-0.25, -0.2) is 0 Å². The molecule has 0 unspecified atom stereocenters. The molecule has 1 amide bonds. The fraction of sp³-hybridized carbons (Fsp3) is 0.333. The third-order valence-electron chi connectivity index (χ3n) is 4.64. The summed E-state index contributed by atoms with van der Waals surface area (Å²) in [7, 11) is 0. The van der Waals surface area contributed by atoms with E-state index in [4.69, 9.17) is 4.74 Å². The Morgan fingerprint density at radius 2 is 2.00 bits per heavy atom. The van der Waals surface area contributed by atoms with Gasteiger partial charge in [0, 0.05) is 12.7 Å². The van der Waals surface area contributed by atoms with Crippen molar-refractivity contribution in [3.63, 3.8) is 0 Å². The minimum atomic E-state index is -0.219. The maximum Gasteiger partial charge on any atom is 0.262 e. The standard InChI is InChI=1S/C21H25BrN4O2/c1-3-25(4-2)11-12-26-14-17(13-23-26)24-20(27)15-28-19-10-9-16-7-5-6-8-18(16)21(19)22/h5-10,13-14H,3-4,11-12,15H2,1-2H3,(H,24,27). The van der Waals surface area contributed by atoms with Gasteiger partial charge >= 0.3 is 0 Å². The maximum absolute atomic E-state index is 12.2. The number of benzene rings is 2. The number of aromatic nitrogens is 2. The van der Waals surface area contributed by atoms with Crippen LogP contribution in [-0.2, 0) is 11.3 Å². The van der Waals surface area contributed by atoms with Gasteiger partial charge in [-0.1, -0.05) is 44.2 Å². The predicted molar refractivity (Wildman–Crippen MR) is 116 cm³/mol. The molecule has 0 saturated carbocycles. The van der Waals surface area contributed by atoms with Crippen molar-refractivity contribution in [1.29, 1.82) is 0 Å². The number of rotatable bonds is 9. The van der Waals surface area contributed by atoms with Crippen molar-refractivity contribution < 1.29 is 9.53 Å². The fourth-order valence-electron chi connectivity index (χ4n) is 3.00. The zero-order chi connectivity index (χ0) is 19.9. The Kier molecular flexibility index (Phi) is 7.06. The molecule has 6 nitrogen and oxygen atoms in total. The molecule has 0 bridgehead atoms. The molecule has 148 valence electrons. The molecule has 1 N–H and O–H groups in total. The van der Waals surface area contributed by atoms with Gasteiger partial charge < -0.3 is 15.0 Å². The summed E-state index contributed by atoms with van der Waals surface area (Å²) < 4.78 is 8.39. The van der Waals surface area contributed by atoms with Gasteiger partial charge in [-0.3, -0.25) is 9.48 Å². The molecule has 2 aromatic carbocycles. The molecule has 3 aromatic rings. The van der Waals surface area contributed by atoms with Crippen molar-refractivity contribution in [1.82, 2.24) is 14.7 Å². The number of amides is 1. The average molecular weight is 445 g/mol. The topological polar surface area (TPSA) is 59.4 Å². The van der Waals surface area contributed by atoms with Crippen LogP contribution in [0.15, 0.2) is 53.3 Å². The number of hydrogen-bond donors (Lipinski definition) is 1. The highest BCUT2D eigenvalue weighted by Gasteiger charge is 2.10. The maximum atomic E-state index is 12.2. The second-order valence-electron chi connectivity index (χ2n) is 6.45. The van der Waals surface area contributed by atoms with E-state index in [1.165, 1.54) is 0 Å². The minimum absolute atomic E-state index is 0.0679. The van der Waals surface area contributed by atoms with Gasteiger partial charge in [-0.15, -0.1) is 0 Å². The van der Waals surface area contributed by atoms with E-state index in [2.05, 4.69) is 45.1 Å². The van der Waals surface area contributed by atoms with E-state index < -0.39 is 0 Å². The van der Waals surface area contributed by atoms with Crippen LogP contribution in [0, 0.1) is 0 Å². The van der Waals surface area contributed by atoms with Gasteiger partial charge in [-0.05, 0) is 45.9 Å². The highest BCUT2D eigenvalue weighted by atomic mass is 79.9. The van der Waals surface area contributed by atoms with Crippen molar-refractivity contribution in [2.75, 3.05) is 31.6 Å². The van der Waals surface area contributed by atoms with E-state index >= 15 is 0 Å². The summed E-state index contributed by atoms with van der Waals surface area (Å²) in [6.45, 7) is 7.98. The number of carbonyl (C=O) groups excluding carboxylic acids is 1. The number of carbonyl (C=O) groups is 1. The molecule has 0 fully saturated rings. The second kappa shape index (κ2) is 9.71. The first-order valence-electron chi connectivity index (χ1n) is 9.45. The summed E-state index contributed by atoms with van der Waals surface area (Å²) in [6.07, 6.45) is 3.50. The van der Waals surface area contributed by atoms with Crippen molar-refractivity contribution in [2.45, 2.75) is 20.4 Å². The van der Waals surface area contributed by atoms with Crippen molar-refractivity contribution in [2.24, 2.45) is 0 Å². The van der Waals surface area contributed by atoms with Crippen LogP contribution >= 0.6 is 15.9 Å². The molecular formula is C21H25BrN4O2. The number of fused-ring (bicyclic) bond motifs is 1. The Labute approximate surface area is 173 Å². The quantitative estimate of drug-likeness (QED) is 0.538. The SMILES string of the molecule is CCN(CC)CCn1cc(NC(=O)COc2ccc3ccccc3c2Br)cn1. The van der Waals surface area contributed by atoms with Gasteiger partial charge in [0.15, 0.2) is 6.61 Å². The molecule has 0 saturated heterocycles. The molecule has 1 heterocycles. The lowest BCUT2D eigenvalue weighted by Gasteiger charge is -2.17. The molecule has 28 heavy (non-hydrogen) atoms. The molecule has 7 heteroatoms. The first-order chi connectivity index (χ1) is 13.6. The molecule has 1 aromatic heterocycles. The first-order valence-corrected chi connectivity index (χ1v) is 10.2. The Bertz CT molecular complexity index is 937. The van der Waals surface area contributed by atoms with Crippen molar-refractivity contribution in [3.8, 4) is 5.75 Å². The fourth-order valence-corrected chi connectivity index (χ4v) is 3.61. The normalized spacial score (nSPS) is 11.1. The van der Waals surface area contributed by atoms with Gasteiger partial charge in [0.2, 0.25) is 0 Å². The first kappa shape index (κ1) is 20.4. The number of nitrogens with zero attached hydrogens (tertiary/aromatic N) is 3. The number of anilines is 1. The molecule has 0 spiro atoms.